The summed E-state index contributed by atoms with van der Waals surface area (Å²) in [6.45, 7) is 6.32. The van der Waals surface area contributed by atoms with Crippen LogP contribution in [0.3, 0.4) is 0 Å². The van der Waals surface area contributed by atoms with E-state index >= 15 is 0 Å². The van der Waals surface area contributed by atoms with Gasteiger partial charge >= 0.3 is 6.03 Å². The van der Waals surface area contributed by atoms with E-state index in [4.69, 9.17) is 0 Å². The van der Waals surface area contributed by atoms with E-state index in [9.17, 15) is 14.4 Å². The summed E-state index contributed by atoms with van der Waals surface area (Å²) in [5, 5.41) is 2.72. The average molecular weight is 393 g/mol. The summed E-state index contributed by atoms with van der Waals surface area (Å²) in [5.74, 6) is -0.591. The maximum absolute atomic E-state index is 13.0. The standard InChI is InChI=1S/C23H27N3O3/c1-14-11-15(2)20(16(3)12-14)21-18(27)13-17(22(21)28)8-10-26(4)23(29)25-19-7-5-6-9-24-19/h5-7,9,11-12,17,21H,8,10,13H2,1-4H3,(H,24,25,29). The Hall–Kier alpha value is -3.02. The third-order valence-corrected chi connectivity index (χ3v) is 5.54. The van der Waals surface area contributed by atoms with Crippen molar-refractivity contribution in [3.8, 4) is 0 Å². The van der Waals surface area contributed by atoms with Crippen molar-refractivity contribution in [3.63, 3.8) is 0 Å². The zero-order valence-corrected chi connectivity index (χ0v) is 17.4. The van der Waals surface area contributed by atoms with E-state index in [1.54, 1.807) is 31.4 Å². The van der Waals surface area contributed by atoms with Crippen LogP contribution in [-0.2, 0) is 9.59 Å². The summed E-state index contributed by atoms with van der Waals surface area (Å²) in [4.78, 5) is 43.6. The Morgan fingerprint density at radius 2 is 1.86 bits per heavy atom. The van der Waals surface area contributed by atoms with Crippen LogP contribution in [0.2, 0.25) is 0 Å². The van der Waals surface area contributed by atoms with E-state index in [0.717, 1.165) is 22.3 Å². The number of hydrogen-bond donors (Lipinski definition) is 1. The topological polar surface area (TPSA) is 79.4 Å². The lowest BCUT2D eigenvalue weighted by molar-refractivity contribution is -0.124. The molecule has 1 saturated carbocycles. The molecule has 1 aliphatic rings. The lowest BCUT2D eigenvalue weighted by Gasteiger charge is -2.20. The number of aryl methyl sites for hydroxylation is 3. The zero-order chi connectivity index (χ0) is 21.1. The number of carbonyl (C=O) groups excluding carboxylic acids is 3. The Kier molecular flexibility index (Phi) is 6.11. The molecule has 0 bridgehead atoms. The Balaban J connectivity index is 1.64. The first kappa shape index (κ1) is 20.7. The highest BCUT2D eigenvalue weighted by Crippen LogP contribution is 2.37. The largest absolute Gasteiger partial charge is 0.328 e. The van der Waals surface area contributed by atoms with Gasteiger partial charge in [0.1, 0.15) is 17.5 Å². The fourth-order valence-electron chi connectivity index (χ4n) is 4.14. The molecule has 0 spiro atoms. The molecule has 1 aromatic carbocycles. The first-order valence-electron chi connectivity index (χ1n) is 9.85. The zero-order valence-electron chi connectivity index (χ0n) is 17.4. The molecule has 1 N–H and O–H groups in total. The molecule has 6 heteroatoms. The minimum Gasteiger partial charge on any atom is -0.328 e. The maximum Gasteiger partial charge on any atom is 0.322 e. The number of Topliss-reactive ketones (excluding diaryl/α,β-unsaturated/α-hetero) is 2. The highest BCUT2D eigenvalue weighted by atomic mass is 16.2. The lowest BCUT2D eigenvalue weighted by Crippen LogP contribution is -2.33. The normalized spacial score (nSPS) is 18.8. The van der Waals surface area contributed by atoms with Crippen molar-refractivity contribution in [2.75, 3.05) is 18.9 Å². The second-order valence-corrected chi connectivity index (χ2v) is 7.87. The van der Waals surface area contributed by atoms with Gasteiger partial charge < -0.3 is 4.90 Å². The van der Waals surface area contributed by atoms with E-state index in [1.165, 1.54) is 4.90 Å². The SMILES string of the molecule is Cc1cc(C)c(C2C(=O)CC(CCN(C)C(=O)Nc3ccccn3)C2=O)c(C)c1. The third kappa shape index (κ3) is 4.53. The van der Waals surface area contributed by atoms with Gasteiger partial charge in [0.25, 0.3) is 0 Å². The minimum atomic E-state index is -0.673. The average Bonchev–Trinajstić information content (AvgIpc) is 2.94. The molecular formula is C23H27N3O3. The number of benzene rings is 1. The van der Waals surface area contributed by atoms with E-state index < -0.39 is 5.92 Å². The van der Waals surface area contributed by atoms with E-state index in [0.29, 0.717) is 18.8 Å². The Morgan fingerprint density at radius 1 is 1.17 bits per heavy atom. The molecule has 2 amide bonds. The second kappa shape index (κ2) is 8.55. The molecule has 3 rings (SSSR count). The van der Waals surface area contributed by atoms with Crippen molar-refractivity contribution in [2.24, 2.45) is 5.92 Å². The highest BCUT2D eigenvalue weighted by Gasteiger charge is 2.42. The summed E-state index contributed by atoms with van der Waals surface area (Å²) in [6.07, 6.45) is 2.32. The molecule has 0 saturated heterocycles. The van der Waals surface area contributed by atoms with Crippen LogP contribution in [0, 0.1) is 26.7 Å². The van der Waals surface area contributed by atoms with Gasteiger partial charge in [0.2, 0.25) is 0 Å². The number of anilines is 1. The quantitative estimate of drug-likeness (QED) is 0.784. The van der Waals surface area contributed by atoms with Crippen LogP contribution >= 0.6 is 0 Å². The van der Waals surface area contributed by atoms with Crippen molar-refractivity contribution < 1.29 is 14.4 Å². The van der Waals surface area contributed by atoms with Crippen LogP contribution in [0.15, 0.2) is 36.5 Å². The number of urea groups is 1. The first-order valence-corrected chi connectivity index (χ1v) is 9.85. The first-order chi connectivity index (χ1) is 13.8. The third-order valence-electron chi connectivity index (χ3n) is 5.54. The van der Waals surface area contributed by atoms with Crippen molar-refractivity contribution in [1.29, 1.82) is 0 Å². The van der Waals surface area contributed by atoms with Gasteiger partial charge in [-0.25, -0.2) is 9.78 Å². The number of hydrogen-bond acceptors (Lipinski definition) is 4. The smallest absolute Gasteiger partial charge is 0.322 e. The van der Waals surface area contributed by atoms with Crippen LogP contribution in [0.1, 0.15) is 41.0 Å². The summed E-state index contributed by atoms with van der Waals surface area (Å²) in [6, 6.07) is 9.03. The molecule has 1 heterocycles. The van der Waals surface area contributed by atoms with Gasteiger partial charge in [-0.3, -0.25) is 14.9 Å². The van der Waals surface area contributed by atoms with Gasteiger partial charge in [0.05, 0.1) is 0 Å². The molecule has 1 aromatic heterocycles. The van der Waals surface area contributed by atoms with Crippen molar-refractivity contribution in [1.82, 2.24) is 9.88 Å². The number of amides is 2. The van der Waals surface area contributed by atoms with Crippen molar-refractivity contribution in [2.45, 2.75) is 39.5 Å². The van der Waals surface area contributed by atoms with Gasteiger partial charge in [-0.15, -0.1) is 0 Å². The molecule has 2 atom stereocenters. The van der Waals surface area contributed by atoms with Crippen LogP contribution in [0.25, 0.3) is 0 Å². The van der Waals surface area contributed by atoms with Gasteiger partial charge in [-0.1, -0.05) is 23.8 Å². The second-order valence-electron chi connectivity index (χ2n) is 7.87. The number of rotatable bonds is 5. The van der Waals surface area contributed by atoms with E-state index in [1.807, 2.05) is 32.9 Å². The Labute approximate surface area is 171 Å². The number of ketones is 2. The molecule has 2 aromatic rings. The summed E-state index contributed by atoms with van der Waals surface area (Å²) in [7, 11) is 1.67. The molecule has 0 radical (unpaired) electrons. The predicted molar refractivity (Wildman–Crippen MR) is 112 cm³/mol. The van der Waals surface area contributed by atoms with E-state index in [-0.39, 0.29) is 29.9 Å². The number of carbonyl (C=O) groups is 3. The molecule has 1 aliphatic carbocycles. The monoisotopic (exact) mass is 393 g/mol. The van der Waals surface area contributed by atoms with Crippen LogP contribution in [-0.4, -0.2) is 41.1 Å². The molecule has 152 valence electrons. The molecule has 2 unspecified atom stereocenters. The van der Waals surface area contributed by atoms with E-state index in [2.05, 4.69) is 10.3 Å². The summed E-state index contributed by atoms with van der Waals surface area (Å²) < 4.78 is 0. The van der Waals surface area contributed by atoms with Gasteiger partial charge in [-0.2, -0.15) is 0 Å². The van der Waals surface area contributed by atoms with Crippen LogP contribution in [0.5, 0.6) is 0 Å². The van der Waals surface area contributed by atoms with Crippen LogP contribution < -0.4 is 5.32 Å². The molecule has 1 fully saturated rings. The number of pyridine rings is 1. The molecule has 6 nitrogen and oxygen atoms in total. The Morgan fingerprint density at radius 3 is 2.48 bits per heavy atom. The minimum absolute atomic E-state index is 0.0179. The van der Waals surface area contributed by atoms with Crippen LogP contribution in [0.4, 0.5) is 10.6 Å². The predicted octanol–water partition coefficient (Wildman–Crippen LogP) is 3.80. The fraction of sp³-hybridized carbons (Fsp3) is 0.391. The van der Waals surface area contributed by atoms with Gasteiger partial charge in [0.15, 0.2) is 5.78 Å². The van der Waals surface area contributed by atoms with Gasteiger partial charge in [0, 0.05) is 32.1 Å². The molecule has 29 heavy (non-hydrogen) atoms. The van der Waals surface area contributed by atoms with Gasteiger partial charge in [-0.05, 0) is 56.0 Å². The number of aromatic nitrogens is 1. The van der Waals surface area contributed by atoms with Crippen molar-refractivity contribution in [3.05, 3.63) is 58.8 Å². The van der Waals surface area contributed by atoms with Crippen molar-refractivity contribution >= 4 is 23.4 Å². The number of nitrogens with one attached hydrogen (secondary N) is 1. The maximum atomic E-state index is 13.0. The molecular weight excluding hydrogens is 366 g/mol. The lowest BCUT2D eigenvalue weighted by atomic mass is 9.86. The fourth-order valence-corrected chi connectivity index (χ4v) is 4.14. The molecule has 0 aliphatic heterocycles. The summed E-state index contributed by atoms with van der Waals surface area (Å²) >= 11 is 0. The highest BCUT2D eigenvalue weighted by molar-refractivity contribution is 6.15. The summed E-state index contributed by atoms with van der Waals surface area (Å²) in [5.41, 5.74) is 3.96. The Bertz CT molecular complexity index is 917. The number of nitrogens with zero attached hydrogens (tertiary/aromatic N) is 2.